The van der Waals surface area contributed by atoms with Crippen molar-refractivity contribution < 1.29 is 19.4 Å². The molecular formula is C18H19N3O4S. The van der Waals surface area contributed by atoms with E-state index < -0.39 is 12.0 Å². The van der Waals surface area contributed by atoms with Gasteiger partial charge in [-0.2, -0.15) is 5.10 Å². The van der Waals surface area contributed by atoms with Gasteiger partial charge in [0.15, 0.2) is 0 Å². The first kappa shape index (κ1) is 17.9. The number of rotatable bonds is 4. The molecule has 0 aliphatic heterocycles. The number of amides is 2. The number of phenols is 1. The zero-order valence-electron chi connectivity index (χ0n) is 14.2. The van der Waals surface area contributed by atoms with Gasteiger partial charge in [0.1, 0.15) is 10.8 Å². The maximum absolute atomic E-state index is 12.1. The van der Waals surface area contributed by atoms with Gasteiger partial charge < -0.3 is 9.84 Å². The molecule has 1 heterocycles. The predicted molar refractivity (Wildman–Crippen MR) is 100 cm³/mol. The summed E-state index contributed by atoms with van der Waals surface area (Å²) in [5.74, 6) is -0.280. The molecule has 26 heavy (non-hydrogen) atoms. The minimum Gasteiger partial charge on any atom is -0.508 e. The highest BCUT2D eigenvalue weighted by molar-refractivity contribution is 7.17. The van der Waals surface area contributed by atoms with E-state index >= 15 is 0 Å². The number of nitrogens with one attached hydrogen (secondary N) is 2. The van der Waals surface area contributed by atoms with Crippen LogP contribution in [0.2, 0.25) is 0 Å². The number of phenolic OH excluding ortho intramolecular Hbond substituents is 1. The van der Waals surface area contributed by atoms with Gasteiger partial charge in [-0.3, -0.25) is 5.32 Å². The number of urea groups is 1. The first-order chi connectivity index (χ1) is 12.6. The molecule has 3 N–H and O–H groups in total. The predicted octanol–water partition coefficient (Wildman–Crippen LogP) is 3.27. The second-order valence-corrected chi connectivity index (χ2v) is 6.93. The summed E-state index contributed by atoms with van der Waals surface area (Å²) in [6.45, 7) is 0. The van der Waals surface area contributed by atoms with Crippen LogP contribution in [0.25, 0.3) is 0 Å². The number of hydrazone groups is 1. The molecule has 136 valence electrons. The van der Waals surface area contributed by atoms with Crippen molar-refractivity contribution in [2.45, 2.75) is 25.7 Å². The summed E-state index contributed by atoms with van der Waals surface area (Å²) in [4.78, 5) is 25.4. The van der Waals surface area contributed by atoms with Crippen LogP contribution in [-0.4, -0.2) is 30.4 Å². The molecule has 1 aliphatic rings. The fourth-order valence-corrected chi connectivity index (χ4v) is 4.10. The molecule has 0 spiro atoms. The van der Waals surface area contributed by atoms with Crippen LogP contribution in [0.4, 0.5) is 9.80 Å². The average molecular weight is 373 g/mol. The topological polar surface area (TPSA) is 100 Å². The van der Waals surface area contributed by atoms with Crippen molar-refractivity contribution in [1.82, 2.24) is 5.43 Å². The van der Waals surface area contributed by atoms with E-state index in [0.717, 1.165) is 41.7 Å². The maximum atomic E-state index is 12.1. The highest BCUT2D eigenvalue weighted by Gasteiger charge is 2.26. The van der Waals surface area contributed by atoms with E-state index in [9.17, 15) is 14.7 Å². The molecule has 8 heteroatoms. The van der Waals surface area contributed by atoms with Gasteiger partial charge in [0.05, 0.1) is 18.9 Å². The first-order valence-electron chi connectivity index (χ1n) is 8.20. The van der Waals surface area contributed by atoms with Crippen LogP contribution in [-0.2, 0) is 17.6 Å². The number of nitrogens with zero attached hydrogens (tertiary/aromatic N) is 1. The van der Waals surface area contributed by atoms with Gasteiger partial charge in [0.25, 0.3) is 0 Å². The molecular weight excluding hydrogens is 354 g/mol. The minimum absolute atomic E-state index is 0.157. The Kier molecular flexibility index (Phi) is 5.52. The van der Waals surface area contributed by atoms with Crippen molar-refractivity contribution in [2.24, 2.45) is 5.10 Å². The molecule has 0 saturated carbocycles. The quantitative estimate of drug-likeness (QED) is 0.435. The van der Waals surface area contributed by atoms with E-state index in [0.29, 0.717) is 10.6 Å². The molecule has 0 fully saturated rings. The summed E-state index contributed by atoms with van der Waals surface area (Å²) in [5.41, 5.74) is 4.53. The smallest absolute Gasteiger partial charge is 0.341 e. The number of thiophene rings is 1. The van der Waals surface area contributed by atoms with Crippen molar-refractivity contribution >= 4 is 34.6 Å². The number of aromatic hydroxyl groups is 1. The molecule has 0 atom stereocenters. The zero-order chi connectivity index (χ0) is 18.5. The standard InChI is InChI=1S/C18H19N3O4S/c1-25-17(23)15-13-4-2-3-5-14(13)26-16(15)20-18(24)21-19-10-11-6-8-12(22)9-7-11/h6-10,22H,2-5H2,1H3,(H2,20,21,24). The number of aryl methyl sites for hydroxylation is 1. The van der Waals surface area contributed by atoms with Gasteiger partial charge in [-0.1, -0.05) is 0 Å². The Bertz CT molecular complexity index is 843. The number of hydrogen-bond acceptors (Lipinski definition) is 6. The number of ether oxygens (including phenoxy) is 1. The molecule has 3 rings (SSSR count). The lowest BCUT2D eigenvalue weighted by atomic mass is 9.95. The van der Waals surface area contributed by atoms with Gasteiger partial charge >= 0.3 is 12.0 Å². The van der Waals surface area contributed by atoms with E-state index in [1.54, 1.807) is 12.1 Å². The van der Waals surface area contributed by atoms with Gasteiger partial charge in [-0.25, -0.2) is 15.0 Å². The molecule has 1 aromatic carbocycles. The lowest BCUT2D eigenvalue weighted by molar-refractivity contribution is 0.0601. The van der Waals surface area contributed by atoms with Gasteiger partial charge in [-0.05, 0) is 61.1 Å². The summed E-state index contributed by atoms with van der Waals surface area (Å²) in [5, 5.41) is 16.3. The number of esters is 1. The summed E-state index contributed by atoms with van der Waals surface area (Å²) >= 11 is 1.41. The summed E-state index contributed by atoms with van der Waals surface area (Å²) in [6, 6.07) is 5.85. The van der Waals surface area contributed by atoms with E-state index in [4.69, 9.17) is 4.74 Å². The van der Waals surface area contributed by atoms with Crippen molar-refractivity contribution in [3.8, 4) is 5.75 Å². The van der Waals surface area contributed by atoms with Crippen LogP contribution in [0.3, 0.4) is 0 Å². The Balaban J connectivity index is 1.70. The lowest BCUT2D eigenvalue weighted by Gasteiger charge is -2.11. The van der Waals surface area contributed by atoms with E-state index in [1.807, 2.05) is 0 Å². The highest BCUT2D eigenvalue weighted by atomic mass is 32.1. The molecule has 7 nitrogen and oxygen atoms in total. The number of methoxy groups -OCH3 is 1. The Labute approximate surface area is 154 Å². The average Bonchev–Trinajstić information content (AvgIpc) is 3.00. The number of carbonyl (C=O) groups excluding carboxylic acids is 2. The largest absolute Gasteiger partial charge is 0.508 e. The van der Waals surface area contributed by atoms with Gasteiger partial charge in [0, 0.05) is 4.88 Å². The molecule has 0 unspecified atom stereocenters. The third kappa shape index (κ3) is 4.02. The number of benzene rings is 1. The van der Waals surface area contributed by atoms with Crippen LogP contribution in [0.15, 0.2) is 29.4 Å². The summed E-state index contributed by atoms with van der Waals surface area (Å²) in [7, 11) is 1.33. The van der Waals surface area contributed by atoms with Crippen LogP contribution in [0.1, 0.15) is 39.2 Å². The fourth-order valence-electron chi connectivity index (χ4n) is 2.83. The third-order valence-corrected chi connectivity index (χ3v) is 5.27. The molecule has 1 aliphatic carbocycles. The van der Waals surface area contributed by atoms with Crippen molar-refractivity contribution in [3.63, 3.8) is 0 Å². The fraction of sp³-hybridized carbons (Fsp3) is 0.278. The molecule has 0 bridgehead atoms. The van der Waals surface area contributed by atoms with Crippen LogP contribution in [0.5, 0.6) is 5.75 Å². The summed E-state index contributed by atoms with van der Waals surface area (Å²) < 4.78 is 4.88. The number of anilines is 1. The Morgan fingerprint density at radius 3 is 2.69 bits per heavy atom. The van der Waals surface area contributed by atoms with Crippen LogP contribution >= 0.6 is 11.3 Å². The lowest BCUT2D eigenvalue weighted by Crippen LogP contribution is -2.24. The third-order valence-electron chi connectivity index (χ3n) is 4.06. The van der Waals surface area contributed by atoms with Crippen LogP contribution < -0.4 is 10.7 Å². The zero-order valence-corrected chi connectivity index (χ0v) is 15.1. The molecule has 0 radical (unpaired) electrons. The highest BCUT2D eigenvalue weighted by Crippen LogP contribution is 2.38. The Hall–Kier alpha value is -2.87. The first-order valence-corrected chi connectivity index (χ1v) is 9.02. The SMILES string of the molecule is COC(=O)c1c(NC(=O)NN=Cc2ccc(O)cc2)sc2c1CCCC2. The number of carbonyl (C=O) groups is 2. The molecule has 2 amide bonds. The van der Waals surface area contributed by atoms with Crippen LogP contribution in [0, 0.1) is 0 Å². The molecule has 1 aromatic heterocycles. The summed E-state index contributed by atoms with van der Waals surface area (Å²) in [6.07, 6.45) is 5.29. The minimum atomic E-state index is -0.538. The van der Waals surface area contributed by atoms with E-state index in [1.165, 1.54) is 36.8 Å². The normalized spacial score (nSPS) is 13.3. The Morgan fingerprint density at radius 2 is 1.96 bits per heavy atom. The Morgan fingerprint density at radius 1 is 1.23 bits per heavy atom. The van der Waals surface area contributed by atoms with E-state index in [-0.39, 0.29) is 5.75 Å². The van der Waals surface area contributed by atoms with Gasteiger partial charge in [-0.15, -0.1) is 11.3 Å². The number of hydrogen-bond donors (Lipinski definition) is 3. The van der Waals surface area contributed by atoms with E-state index in [2.05, 4.69) is 15.8 Å². The molecule has 0 saturated heterocycles. The maximum Gasteiger partial charge on any atom is 0.341 e. The van der Waals surface area contributed by atoms with Crippen molar-refractivity contribution in [3.05, 3.63) is 45.8 Å². The van der Waals surface area contributed by atoms with Crippen molar-refractivity contribution in [2.75, 3.05) is 12.4 Å². The number of fused-ring (bicyclic) bond motifs is 1. The second-order valence-electron chi connectivity index (χ2n) is 5.82. The monoisotopic (exact) mass is 373 g/mol. The second kappa shape index (κ2) is 8.01. The van der Waals surface area contributed by atoms with Gasteiger partial charge in [0.2, 0.25) is 0 Å². The molecule has 2 aromatic rings. The van der Waals surface area contributed by atoms with Crippen molar-refractivity contribution in [1.29, 1.82) is 0 Å².